The van der Waals surface area contributed by atoms with Gasteiger partial charge in [-0.15, -0.1) is 0 Å². The summed E-state index contributed by atoms with van der Waals surface area (Å²) >= 11 is 5.92. The Morgan fingerprint density at radius 2 is 1.65 bits per heavy atom. The van der Waals surface area contributed by atoms with Crippen molar-refractivity contribution in [1.82, 2.24) is 4.90 Å². The van der Waals surface area contributed by atoms with E-state index in [9.17, 15) is 13.2 Å². The lowest BCUT2D eigenvalue weighted by Gasteiger charge is -2.30. The highest BCUT2D eigenvalue weighted by Gasteiger charge is 2.17. The predicted molar refractivity (Wildman–Crippen MR) is 137 cm³/mol. The van der Waals surface area contributed by atoms with E-state index in [0.29, 0.717) is 22.0 Å². The third kappa shape index (κ3) is 6.38. The predicted octanol–water partition coefficient (Wildman–Crippen LogP) is 5.63. The van der Waals surface area contributed by atoms with Gasteiger partial charge in [-0.2, -0.15) is 0 Å². The van der Waals surface area contributed by atoms with E-state index in [1.54, 1.807) is 30.3 Å². The number of piperidine rings is 1. The van der Waals surface area contributed by atoms with E-state index >= 15 is 0 Å². The largest absolute Gasteiger partial charge is 0.322 e. The minimum Gasteiger partial charge on any atom is -0.322 e. The van der Waals surface area contributed by atoms with Crippen LogP contribution in [0.1, 0.15) is 35.7 Å². The molecule has 0 radical (unpaired) electrons. The van der Waals surface area contributed by atoms with Gasteiger partial charge in [0.1, 0.15) is 0 Å². The average Bonchev–Trinajstić information content (AvgIpc) is 2.81. The van der Waals surface area contributed by atoms with Crippen LogP contribution in [0.25, 0.3) is 0 Å². The molecule has 2 N–H and O–H groups in total. The van der Waals surface area contributed by atoms with Gasteiger partial charge in [0.25, 0.3) is 15.9 Å². The maximum absolute atomic E-state index is 12.6. The highest BCUT2D eigenvalue weighted by atomic mass is 35.5. The number of benzene rings is 3. The van der Waals surface area contributed by atoms with Crippen LogP contribution in [0, 0.1) is 5.92 Å². The first-order valence-electron chi connectivity index (χ1n) is 11.3. The summed E-state index contributed by atoms with van der Waals surface area (Å²) in [6.07, 6.45) is 2.47. The van der Waals surface area contributed by atoms with Crippen molar-refractivity contribution in [2.24, 2.45) is 5.92 Å². The van der Waals surface area contributed by atoms with Crippen LogP contribution >= 0.6 is 11.6 Å². The SMILES string of the molecule is CC1CCN(Cc2ccc(C(=O)Nc3ccc(S(=O)(=O)Nc4cccc(Cl)c4)cc3)cc2)CC1. The third-order valence-electron chi connectivity index (χ3n) is 6.00. The van der Waals surface area contributed by atoms with Crippen LogP contribution in [0.2, 0.25) is 5.02 Å². The molecule has 3 aromatic rings. The Balaban J connectivity index is 1.35. The first kappa shape index (κ1) is 24.3. The molecule has 8 heteroatoms. The summed E-state index contributed by atoms with van der Waals surface area (Å²) < 4.78 is 27.7. The summed E-state index contributed by atoms with van der Waals surface area (Å²) in [5.74, 6) is 0.557. The molecular weight excluding hydrogens is 470 g/mol. The van der Waals surface area contributed by atoms with Gasteiger partial charge < -0.3 is 5.32 Å². The highest BCUT2D eigenvalue weighted by Crippen LogP contribution is 2.22. The van der Waals surface area contributed by atoms with Crippen LogP contribution < -0.4 is 10.0 Å². The Morgan fingerprint density at radius 3 is 2.29 bits per heavy atom. The van der Waals surface area contributed by atoms with E-state index in [0.717, 1.165) is 25.6 Å². The smallest absolute Gasteiger partial charge is 0.261 e. The molecule has 3 aromatic carbocycles. The molecule has 1 aliphatic heterocycles. The van der Waals surface area contributed by atoms with Crippen LogP contribution in [-0.2, 0) is 16.6 Å². The first-order valence-corrected chi connectivity index (χ1v) is 13.2. The molecule has 1 heterocycles. The zero-order valence-electron chi connectivity index (χ0n) is 19.0. The van der Waals surface area contributed by atoms with Gasteiger partial charge in [0.2, 0.25) is 0 Å². The van der Waals surface area contributed by atoms with Gasteiger partial charge in [-0.05, 0) is 92.0 Å². The van der Waals surface area contributed by atoms with Gasteiger partial charge in [0.15, 0.2) is 0 Å². The first-order chi connectivity index (χ1) is 16.3. The second-order valence-electron chi connectivity index (χ2n) is 8.75. The van der Waals surface area contributed by atoms with Crippen molar-refractivity contribution < 1.29 is 13.2 Å². The van der Waals surface area contributed by atoms with Gasteiger partial charge >= 0.3 is 0 Å². The van der Waals surface area contributed by atoms with Crippen molar-refractivity contribution in [2.45, 2.75) is 31.2 Å². The van der Waals surface area contributed by atoms with Crippen molar-refractivity contribution in [3.05, 3.63) is 88.9 Å². The Bertz CT molecular complexity index is 1240. The van der Waals surface area contributed by atoms with E-state index in [4.69, 9.17) is 11.6 Å². The zero-order valence-corrected chi connectivity index (χ0v) is 20.6. The fraction of sp³-hybridized carbons (Fsp3) is 0.269. The topological polar surface area (TPSA) is 78.5 Å². The molecule has 0 bridgehead atoms. The molecule has 6 nitrogen and oxygen atoms in total. The summed E-state index contributed by atoms with van der Waals surface area (Å²) in [7, 11) is -3.77. The number of nitrogens with zero attached hydrogens (tertiary/aromatic N) is 1. The summed E-state index contributed by atoms with van der Waals surface area (Å²) in [6, 6.07) is 20.1. The summed E-state index contributed by atoms with van der Waals surface area (Å²) in [6.45, 7) is 5.43. The molecule has 0 atom stereocenters. The number of rotatable bonds is 7. The minimum absolute atomic E-state index is 0.0851. The molecule has 1 saturated heterocycles. The number of likely N-dealkylation sites (tertiary alicyclic amines) is 1. The molecule has 0 saturated carbocycles. The molecule has 1 fully saturated rings. The van der Waals surface area contributed by atoms with Crippen molar-refractivity contribution in [3.63, 3.8) is 0 Å². The van der Waals surface area contributed by atoms with Crippen LogP contribution in [0.3, 0.4) is 0 Å². The van der Waals surface area contributed by atoms with Gasteiger partial charge in [-0.1, -0.05) is 36.7 Å². The number of nitrogens with one attached hydrogen (secondary N) is 2. The molecule has 178 valence electrons. The quantitative estimate of drug-likeness (QED) is 0.443. The van der Waals surface area contributed by atoms with Crippen LogP contribution in [0.4, 0.5) is 11.4 Å². The van der Waals surface area contributed by atoms with E-state index in [1.165, 1.54) is 36.6 Å². The number of anilines is 2. The highest BCUT2D eigenvalue weighted by molar-refractivity contribution is 7.92. The Hall–Kier alpha value is -2.87. The van der Waals surface area contributed by atoms with Crippen molar-refractivity contribution in [3.8, 4) is 0 Å². The summed E-state index contributed by atoms with van der Waals surface area (Å²) in [5, 5.41) is 3.26. The fourth-order valence-electron chi connectivity index (χ4n) is 3.93. The second kappa shape index (κ2) is 10.6. The van der Waals surface area contributed by atoms with Crippen molar-refractivity contribution in [1.29, 1.82) is 0 Å². The maximum Gasteiger partial charge on any atom is 0.261 e. The monoisotopic (exact) mass is 497 g/mol. The zero-order chi connectivity index (χ0) is 24.1. The normalized spacial score (nSPS) is 15.1. The number of amides is 1. The maximum atomic E-state index is 12.6. The lowest BCUT2D eigenvalue weighted by atomic mass is 9.99. The van der Waals surface area contributed by atoms with Crippen molar-refractivity contribution in [2.75, 3.05) is 23.1 Å². The van der Waals surface area contributed by atoms with E-state index < -0.39 is 10.0 Å². The van der Waals surface area contributed by atoms with Crippen LogP contribution in [-0.4, -0.2) is 32.3 Å². The number of hydrogen-bond donors (Lipinski definition) is 2. The Labute approximate surface area is 206 Å². The number of sulfonamides is 1. The van der Waals surface area contributed by atoms with Crippen LogP contribution in [0.15, 0.2) is 77.7 Å². The number of carbonyl (C=O) groups is 1. The van der Waals surface area contributed by atoms with E-state index in [2.05, 4.69) is 21.9 Å². The average molecular weight is 498 g/mol. The standard InChI is InChI=1S/C26H28ClN3O3S/c1-19-13-15-30(16-14-19)18-20-5-7-21(8-6-20)26(31)28-23-9-11-25(12-10-23)34(32,33)29-24-4-2-3-22(27)17-24/h2-12,17,19,29H,13-16,18H2,1H3,(H,28,31). The van der Waals surface area contributed by atoms with Gasteiger partial charge in [0.05, 0.1) is 10.6 Å². The molecule has 4 rings (SSSR count). The summed E-state index contributed by atoms with van der Waals surface area (Å²) in [5.41, 5.74) is 2.63. The molecule has 0 unspecified atom stereocenters. The van der Waals surface area contributed by atoms with Crippen molar-refractivity contribution >= 4 is 38.9 Å². The molecule has 0 aliphatic carbocycles. The lowest BCUT2D eigenvalue weighted by Crippen LogP contribution is -2.32. The number of hydrogen-bond acceptors (Lipinski definition) is 4. The molecule has 1 aliphatic rings. The Morgan fingerprint density at radius 1 is 0.971 bits per heavy atom. The number of halogens is 1. The third-order valence-corrected chi connectivity index (χ3v) is 7.63. The van der Waals surface area contributed by atoms with Gasteiger partial charge in [-0.3, -0.25) is 14.4 Å². The molecule has 34 heavy (non-hydrogen) atoms. The van der Waals surface area contributed by atoms with Gasteiger partial charge in [0, 0.05) is 22.8 Å². The molecular formula is C26H28ClN3O3S. The summed E-state index contributed by atoms with van der Waals surface area (Å²) in [4.78, 5) is 15.2. The second-order valence-corrected chi connectivity index (χ2v) is 10.9. The van der Waals surface area contributed by atoms with E-state index in [-0.39, 0.29) is 10.8 Å². The fourth-order valence-corrected chi connectivity index (χ4v) is 5.17. The van der Waals surface area contributed by atoms with Gasteiger partial charge in [-0.25, -0.2) is 8.42 Å². The van der Waals surface area contributed by atoms with E-state index in [1.807, 2.05) is 24.3 Å². The minimum atomic E-state index is -3.77. The molecule has 0 spiro atoms. The van der Waals surface area contributed by atoms with Crippen LogP contribution in [0.5, 0.6) is 0 Å². The molecule has 0 aromatic heterocycles. The number of carbonyl (C=O) groups excluding carboxylic acids is 1. The molecule has 1 amide bonds. The Kier molecular flexibility index (Phi) is 7.56. The lowest BCUT2D eigenvalue weighted by molar-refractivity contribution is 0.102.